The van der Waals surface area contributed by atoms with E-state index in [-0.39, 0.29) is 54.2 Å². The van der Waals surface area contributed by atoms with Crippen LogP contribution in [0.25, 0.3) is 0 Å². The fourth-order valence-corrected chi connectivity index (χ4v) is 12.4. The van der Waals surface area contributed by atoms with Gasteiger partial charge >= 0.3 is 0 Å². The molecule has 6 rings (SSSR count). The number of hydrogen-bond donors (Lipinski definition) is 4. The number of aliphatic hydroxyl groups is 1. The number of likely N-dealkylation sites (tertiary alicyclic amines) is 1. The molecule has 3 fully saturated rings. The molecule has 4 heterocycles. The molecule has 4 aliphatic rings. The molecule has 3 saturated heterocycles. The standard InChI is InChI=1S/C34H46N4O6Si/c1-21-31(45(3,4)26-12-10-25(43-2)11-13-26)29(18-30(40)38-16-6-8-24(38)20-39)44-34(21)27-17-23(9-14-28(27)37-33(34)42)36-32(41)22-7-5-15-35-19-22/h9-14,17,21-22,24,29,31,35,39H,5-8,15-16,18-20H2,1-4H3,(H,36,41)(H,37,42)/t21-,22?,24-,29+,31-,34+/m0/s1. The Hall–Kier alpha value is -3.25. The largest absolute Gasteiger partial charge is 0.497 e. The Kier molecular flexibility index (Phi) is 8.81. The Bertz CT molecular complexity index is 1440. The van der Waals surface area contributed by atoms with Crippen molar-refractivity contribution in [3.8, 4) is 5.75 Å². The number of ether oxygens (including phenoxy) is 2. The summed E-state index contributed by atoms with van der Waals surface area (Å²) in [5.74, 6) is 0.0827. The van der Waals surface area contributed by atoms with Crippen molar-refractivity contribution in [1.29, 1.82) is 0 Å². The summed E-state index contributed by atoms with van der Waals surface area (Å²) in [6.07, 6.45) is 3.06. The van der Waals surface area contributed by atoms with Gasteiger partial charge in [-0.3, -0.25) is 14.4 Å². The molecule has 0 aromatic heterocycles. The minimum atomic E-state index is -2.40. The molecule has 6 atom stereocenters. The zero-order valence-corrected chi connectivity index (χ0v) is 27.7. The van der Waals surface area contributed by atoms with Gasteiger partial charge in [-0.05, 0) is 68.1 Å². The smallest absolute Gasteiger partial charge is 0.261 e. The highest BCUT2D eigenvalue weighted by Gasteiger charge is 2.65. The van der Waals surface area contributed by atoms with E-state index >= 15 is 0 Å². The van der Waals surface area contributed by atoms with Gasteiger partial charge < -0.3 is 35.4 Å². The van der Waals surface area contributed by atoms with Crippen LogP contribution in [0.15, 0.2) is 42.5 Å². The molecular formula is C34H46N4O6Si. The summed E-state index contributed by atoms with van der Waals surface area (Å²) in [5.41, 5.74) is 0.595. The second-order valence-electron chi connectivity index (χ2n) is 13.7. The molecule has 4 N–H and O–H groups in total. The SMILES string of the molecule is COc1ccc([Si](C)(C)[C@@H]2[C@@H](CC(=O)N3CCC[C@H]3CO)O[C@]3(C(=O)Nc4ccc(NC(=O)C5CCCNC5)cc43)[C@H]2C)cc1. The van der Waals surface area contributed by atoms with E-state index in [0.717, 1.165) is 38.0 Å². The van der Waals surface area contributed by atoms with Crippen LogP contribution in [0.5, 0.6) is 5.75 Å². The number of nitrogens with zero attached hydrogens (tertiary/aromatic N) is 1. The van der Waals surface area contributed by atoms with Gasteiger partial charge in [0.1, 0.15) is 5.75 Å². The van der Waals surface area contributed by atoms with E-state index in [1.54, 1.807) is 12.0 Å². The van der Waals surface area contributed by atoms with E-state index in [0.29, 0.717) is 30.0 Å². The topological polar surface area (TPSA) is 129 Å². The summed E-state index contributed by atoms with van der Waals surface area (Å²) in [4.78, 5) is 42.8. The number of methoxy groups -OCH3 is 1. The van der Waals surface area contributed by atoms with Crippen LogP contribution in [-0.4, -0.2) is 81.3 Å². The number of hydrogen-bond acceptors (Lipinski definition) is 7. The number of anilines is 2. The molecule has 1 spiro atoms. The Morgan fingerprint density at radius 1 is 1.16 bits per heavy atom. The monoisotopic (exact) mass is 634 g/mol. The zero-order chi connectivity index (χ0) is 31.9. The molecule has 2 aromatic rings. The van der Waals surface area contributed by atoms with Crippen LogP contribution in [0.3, 0.4) is 0 Å². The molecule has 45 heavy (non-hydrogen) atoms. The van der Waals surface area contributed by atoms with Crippen LogP contribution in [-0.2, 0) is 24.7 Å². The van der Waals surface area contributed by atoms with E-state index in [9.17, 15) is 19.5 Å². The van der Waals surface area contributed by atoms with Gasteiger partial charge in [0.25, 0.3) is 5.91 Å². The van der Waals surface area contributed by atoms with E-state index in [1.807, 2.05) is 30.3 Å². The molecule has 3 amide bonds. The molecule has 1 unspecified atom stereocenters. The van der Waals surface area contributed by atoms with Gasteiger partial charge in [0.2, 0.25) is 11.8 Å². The number of piperidine rings is 1. The predicted molar refractivity (Wildman–Crippen MR) is 175 cm³/mol. The third kappa shape index (κ3) is 5.58. The van der Waals surface area contributed by atoms with Crippen molar-refractivity contribution in [2.24, 2.45) is 11.8 Å². The van der Waals surface area contributed by atoms with Crippen molar-refractivity contribution in [3.63, 3.8) is 0 Å². The van der Waals surface area contributed by atoms with Crippen LogP contribution in [0.4, 0.5) is 11.4 Å². The lowest BCUT2D eigenvalue weighted by Gasteiger charge is -2.37. The fraction of sp³-hybridized carbons (Fsp3) is 0.559. The molecule has 0 bridgehead atoms. The number of fused-ring (bicyclic) bond motifs is 2. The van der Waals surface area contributed by atoms with E-state index in [4.69, 9.17) is 9.47 Å². The van der Waals surface area contributed by atoms with Crippen LogP contribution < -0.4 is 25.9 Å². The first-order valence-electron chi connectivity index (χ1n) is 16.3. The first-order chi connectivity index (χ1) is 21.6. The number of aliphatic hydroxyl groups excluding tert-OH is 1. The Morgan fingerprint density at radius 3 is 2.62 bits per heavy atom. The van der Waals surface area contributed by atoms with Gasteiger partial charge in [0.15, 0.2) is 5.60 Å². The minimum absolute atomic E-state index is 0.0349. The average molecular weight is 635 g/mol. The van der Waals surface area contributed by atoms with Gasteiger partial charge in [0.05, 0.1) is 46.3 Å². The lowest BCUT2D eigenvalue weighted by Crippen LogP contribution is -2.52. The van der Waals surface area contributed by atoms with Crippen molar-refractivity contribution in [2.45, 2.75) is 75.4 Å². The lowest BCUT2D eigenvalue weighted by molar-refractivity contribution is -0.148. The Labute approximate surface area is 266 Å². The maximum Gasteiger partial charge on any atom is 0.261 e. The summed E-state index contributed by atoms with van der Waals surface area (Å²) in [7, 11) is -0.758. The second-order valence-corrected chi connectivity index (χ2v) is 18.4. The Balaban J connectivity index is 1.36. The van der Waals surface area contributed by atoms with Gasteiger partial charge in [-0.25, -0.2) is 0 Å². The summed E-state index contributed by atoms with van der Waals surface area (Å²) in [5, 5.41) is 20.6. The molecule has 4 aliphatic heterocycles. The van der Waals surface area contributed by atoms with Crippen molar-refractivity contribution in [3.05, 3.63) is 48.0 Å². The molecule has 0 saturated carbocycles. The summed E-state index contributed by atoms with van der Waals surface area (Å²) >= 11 is 0. The fourth-order valence-electron chi connectivity index (χ4n) is 8.37. The van der Waals surface area contributed by atoms with E-state index < -0.39 is 19.8 Å². The molecule has 10 nitrogen and oxygen atoms in total. The van der Waals surface area contributed by atoms with Crippen LogP contribution in [0.1, 0.15) is 44.6 Å². The number of carbonyl (C=O) groups is 3. The third-order valence-corrected chi connectivity index (χ3v) is 15.2. The Morgan fingerprint density at radius 2 is 1.93 bits per heavy atom. The van der Waals surface area contributed by atoms with Crippen LogP contribution >= 0.6 is 0 Å². The quantitative estimate of drug-likeness (QED) is 0.329. The predicted octanol–water partition coefficient (Wildman–Crippen LogP) is 3.17. The van der Waals surface area contributed by atoms with Crippen molar-refractivity contribution < 1.29 is 29.0 Å². The van der Waals surface area contributed by atoms with E-state index in [1.165, 1.54) is 5.19 Å². The van der Waals surface area contributed by atoms with Gasteiger partial charge in [-0.15, -0.1) is 0 Å². The summed E-state index contributed by atoms with van der Waals surface area (Å²) in [6.45, 7) is 8.77. The van der Waals surface area contributed by atoms with Gasteiger partial charge in [0, 0.05) is 35.9 Å². The first kappa shape index (κ1) is 31.7. The zero-order valence-electron chi connectivity index (χ0n) is 26.7. The lowest BCUT2D eigenvalue weighted by atomic mass is 9.82. The second kappa shape index (κ2) is 12.5. The normalized spacial score (nSPS) is 29.5. The first-order valence-corrected chi connectivity index (χ1v) is 19.4. The van der Waals surface area contributed by atoms with Gasteiger partial charge in [-0.2, -0.15) is 0 Å². The molecule has 242 valence electrons. The number of carbonyl (C=O) groups excluding carboxylic acids is 3. The molecular weight excluding hydrogens is 588 g/mol. The minimum Gasteiger partial charge on any atom is -0.497 e. The van der Waals surface area contributed by atoms with Crippen molar-refractivity contribution >= 4 is 42.4 Å². The summed E-state index contributed by atoms with van der Waals surface area (Å²) < 4.78 is 12.4. The molecule has 0 aliphatic carbocycles. The number of nitrogens with one attached hydrogen (secondary N) is 3. The van der Waals surface area contributed by atoms with Crippen LogP contribution in [0, 0.1) is 11.8 Å². The maximum atomic E-state index is 14.1. The highest BCUT2D eigenvalue weighted by molar-refractivity contribution is 6.91. The number of rotatable bonds is 8. The molecule has 2 aromatic carbocycles. The van der Waals surface area contributed by atoms with Crippen molar-refractivity contribution in [1.82, 2.24) is 10.2 Å². The third-order valence-electron chi connectivity index (χ3n) is 10.8. The number of amides is 3. The molecule has 0 radical (unpaired) electrons. The van der Waals surface area contributed by atoms with E-state index in [2.05, 4.69) is 48.1 Å². The maximum absolute atomic E-state index is 14.1. The number of benzene rings is 2. The average Bonchev–Trinajstić information content (AvgIpc) is 3.72. The van der Waals surface area contributed by atoms with Crippen LogP contribution in [0.2, 0.25) is 18.6 Å². The molecule has 11 heteroatoms. The van der Waals surface area contributed by atoms with Crippen molar-refractivity contribution in [2.75, 3.05) is 44.0 Å². The summed E-state index contributed by atoms with van der Waals surface area (Å²) in [6, 6.07) is 13.5. The highest BCUT2D eigenvalue weighted by Crippen LogP contribution is 2.59. The highest BCUT2D eigenvalue weighted by atomic mass is 28.3. The van der Waals surface area contributed by atoms with Gasteiger partial charge in [-0.1, -0.05) is 37.3 Å².